The normalized spacial score (nSPS) is 21.0. The molecule has 3 nitrogen and oxygen atoms in total. The molecule has 2 heterocycles. The van der Waals surface area contributed by atoms with Gasteiger partial charge in [0.2, 0.25) is 0 Å². The quantitative estimate of drug-likeness (QED) is 0.806. The van der Waals surface area contributed by atoms with Crippen molar-refractivity contribution in [2.45, 2.75) is 38.8 Å². The van der Waals surface area contributed by atoms with E-state index in [4.69, 9.17) is 9.15 Å². The predicted molar refractivity (Wildman–Crippen MR) is 58.8 cm³/mol. The van der Waals surface area contributed by atoms with Crippen LogP contribution in [0.15, 0.2) is 16.7 Å². The minimum Gasteiger partial charge on any atom is -0.469 e. The average Bonchev–Trinajstić information content (AvgIpc) is 2.88. The first kappa shape index (κ1) is 10.7. The molecule has 0 aliphatic carbocycles. The van der Waals surface area contributed by atoms with Crippen molar-refractivity contribution in [2.75, 3.05) is 13.2 Å². The molecule has 0 spiro atoms. The molecule has 2 rings (SSSR count). The molecule has 1 fully saturated rings. The summed E-state index contributed by atoms with van der Waals surface area (Å²) in [4.78, 5) is 0. The van der Waals surface area contributed by atoms with Gasteiger partial charge in [0.05, 0.1) is 12.4 Å². The molecule has 1 aliphatic rings. The topological polar surface area (TPSA) is 34.4 Å². The van der Waals surface area contributed by atoms with Crippen molar-refractivity contribution in [3.05, 3.63) is 23.7 Å². The average molecular weight is 209 g/mol. The number of hydrogen-bond acceptors (Lipinski definition) is 3. The molecule has 3 heteroatoms. The van der Waals surface area contributed by atoms with E-state index in [9.17, 15) is 0 Å². The van der Waals surface area contributed by atoms with E-state index in [1.165, 1.54) is 18.4 Å². The summed E-state index contributed by atoms with van der Waals surface area (Å²) < 4.78 is 10.9. The third-order valence-electron chi connectivity index (χ3n) is 2.87. The molecule has 0 saturated carbocycles. The molecule has 0 radical (unpaired) electrons. The third-order valence-corrected chi connectivity index (χ3v) is 2.87. The monoisotopic (exact) mass is 209 g/mol. The lowest BCUT2D eigenvalue weighted by molar-refractivity contribution is 0.110. The van der Waals surface area contributed by atoms with Crippen LogP contribution in [0.4, 0.5) is 0 Å². The third kappa shape index (κ3) is 2.83. The fourth-order valence-corrected chi connectivity index (χ4v) is 2.01. The van der Waals surface area contributed by atoms with Gasteiger partial charge in [0.15, 0.2) is 0 Å². The molecule has 0 bridgehead atoms. The van der Waals surface area contributed by atoms with Crippen LogP contribution in [0.2, 0.25) is 0 Å². The van der Waals surface area contributed by atoms with Gasteiger partial charge >= 0.3 is 0 Å². The van der Waals surface area contributed by atoms with Crippen molar-refractivity contribution >= 4 is 0 Å². The predicted octanol–water partition coefficient (Wildman–Crippen LogP) is 2.11. The highest BCUT2D eigenvalue weighted by Gasteiger charge is 2.14. The fourth-order valence-electron chi connectivity index (χ4n) is 2.01. The summed E-state index contributed by atoms with van der Waals surface area (Å²) in [6, 6.07) is 2.04. The zero-order chi connectivity index (χ0) is 10.5. The Morgan fingerprint density at radius 3 is 3.20 bits per heavy atom. The summed E-state index contributed by atoms with van der Waals surface area (Å²) in [6.45, 7) is 4.88. The lowest BCUT2D eigenvalue weighted by Crippen LogP contribution is -2.25. The van der Waals surface area contributed by atoms with Gasteiger partial charge in [-0.15, -0.1) is 0 Å². The summed E-state index contributed by atoms with van der Waals surface area (Å²) in [6.07, 6.45) is 5.55. The van der Waals surface area contributed by atoms with Gasteiger partial charge in [-0.25, -0.2) is 0 Å². The van der Waals surface area contributed by atoms with Gasteiger partial charge in [-0.3, -0.25) is 0 Å². The maximum absolute atomic E-state index is 5.54. The minimum atomic E-state index is 0.418. The maximum atomic E-state index is 5.54. The Labute approximate surface area is 90.8 Å². The van der Waals surface area contributed by atoms with Crippen LogP contribution < -0.4 is 5.32 Å². The van der Waals surface area contributed by atoms with Gasteiger partial charge in [0.25, 0.3) is 0 Å². The Bertz CT molecular complexity index is 290. The largest absolute Gasteiger partial charge is 0.469 e. The first-order valence-electron chi connectivity index (χ1n) is 5.77. The van der Waals surface area contributed by atoms with Gasteiger partial charge in [-0.2, -0.15) is 0 Å². The smallest absolute Gasteiger partial charge is 0.107 e. The van der Waals surface area contributed by atoms with Crippen LogP contribution in [0.3, 0.4) is 0 Å². The van der Waals surface area contributed by atoms with Gasteiger partial charge in [0.1, 0.15) is 5.76 Å². The Kier molecular flexibility index (Phi) is 3.80. The van der Waals surface area contributed by atoms with Crippen molar-refractivity contribution in [3.63, 3.8) is 0 Å². The first-order valence-corrected chi connectivity index (χ1v) is 5.77. The van der Waals surface area contributed by atoms with E-state index < -0.39 is 0 Å². The molecule has 1 atom stereocenters. The molecule has 84 valence electrons. The van der Waals surface area contributed by atoms with Crippen molar-refractivity contribution in [1.29, 1.82) is 0 Å². The number of ether oxygens (including phenoxy) is 1. The van der Waals surface area contributed by atoms with E-state index in [-0.39, 0.29) is 0 Å². The number of rotatable bonds is 5. The second-order valence-electron chi connectivity index (χ2n) is 3.99. The molecule has 1 aromatic rings. The summed E-state index contributed by atoms with van der Waals surface area (Å²) in [5, 5.41) is 3.42. The Morgan fingerprint density at radius 2 is 2.47 bits per heavy atom. The molecule has 1 aromatic heterocycles. The number of furan rings is 1. The molecule has 1 saturated heterocycles. The Balaban J connectivity index is 1.73. The van der Waals surface area contributed by atoms with Crippen LogP contribution in [0.5, 0.6) is 0 Å². The maximum Gasteiger partial charge on any atom is 0.107 e. The Hall–Kier alpha value is -0.800. The first-order chi connectivity index (χ1) is 7.40. The van der Waals surface area contributed by atoms with Gasteiger partial charge in [0, 0.05) is 31.7 Å². The summed E-state index contributed by atoms with van der Waals surface area (Å²) in [5.41, 5.74) is 1.27. The summed E-state index contributed by atoms with van der Waals surface area (Å²) >= 11 is 0. The number of aryl methyl sites for hydroxylation is 1. The molecule has 1 aliphatic heterocycles. The molecule has 0 aromatic carbocycles. The van der Waals surface area contributed by atoms with E-state index in [0.717, 1.165) is 31.9 Å². The van der Waals surface area contributed by atoms with Crippen molar-refractivity contribution < 1.29 is 9.15 Å². The van der Waals surface area contributed by atoms with Crippen molar-refractivity contribution in [2.24, 2.45) is 0 Å². The van der Waals surface area contributed by atoms with Crippen LogP contribution in [0.1, 0.15) is 31.1 Å². The standard InChI is InChI=1S/C12H19NO2/c1-2-12-10(5-7-15-12)8-13-9-11-4-3-6-14-11/h5,7,11,13H,2-4,6,8-9H2,1H3. The lowest BCUT2D eigenvalue weighted by Gasteiger charge is -2.10. The van der Waals surface area contributed by atoms with Crippen molar-refractivity contribution in [1.82, 2.24) is 5.32 Å². The van der Waals surface area contributed by atoms with Gasteiger partial charge < -0.3 is 14.5 Å². The zero-order valence-corrected chi connectivity index (χ0v) is 9.29. The van der Waals surface area contributed by atoms with Crippen molar-refractivity contribution in [3.8, 4) is 0 Å². The second kappa shape index (κ2) is 5.33. The summed E-state index contributed by atoms with van der Waals surface area (Å²) in [7, 11) is 0. The second-order valence-corrected chi connectivity index (χ2v) is 3.99. The van der Waals surface area contributed by atoms with E-state index >= 15 is 0 Å². The van der Waals surface area contributed by atoms with E-state index in [1.807, 2.05) is 6.07 Å². The Morgan fingerprint density at radius 1 is 1.53 bits per heavy atom. The van der Waals surface area contributed by atoms with Crippen LogP contribution in [0, 0.1) is 0 Å². The van der Waals surface area contributed by atoms with Crippen LogP contribution in [-0.2, 0) is 17.7 Å². The molecular weight excluding hydrogens is 190 g/mol. The molecule has 15 heavy (non-hydrogen) atoms. The highest BCUT2D eigenvalue weighted by Crippen LogP contribution is 2.13. The van der Waals surface area contributed by atoms with E-state index in [1.54, 1.807) is 6.26 Å². The SMILES string of the molecule is CCc1occc1CNCC1CCCO1. The van der Waals surface area contributed by atoms with Crippen LogP contribution in [-0.4, -0.2) is 19.3 Å². The highest BCUT2D eigenvalue weighted by molar-refractivity contribution is 5.16. The van der Waals surface area contributed by atoms with Gasteiger partial charge in [-0.05, 0) is 18.9 Å². The molecule has 0 amide bonds. The number of hydrogen-bond donors (Lipinski definition) is 1. The summed E-state index contributed by atoms with van der Waals surface area (Å²) in [5.74, 6) is 1.09. The fraction of sp³-hybridized carbons (Fsp3) is 0.667. The van der Waals surface area contributed by atoms with Gasteiger partial charge in [-0.1, -0.05) is 6.92 Å². The van der Waals surface area contributed by atoms with Crippen LogP contribution in [0.25, 0.3) is 0 Å². The minimum absolute atomic E-state index is 0.418. The molecule has 1 N–H and O–H groups in total. The molecular formula is C12H19NO2. The lowest BCUT2D eigenvalue weighted by atomic mass is 10.2. The van der Waals surface area contributed by atoms with E-state index in [0.29, 0.717) is 6.10 Å². The van der Waals surface area contributed by atoms with E-state index in [2.05, 4.69) is 12.2 Å². The zero-order valence-electron chi connectivity index (χ0n) is 9.29. The van der Waals surface area contributed by atoms with Crippen LogP contribution >= 0.6 is 0 Å². The highest BCUT2D eigenvalue weighted by atomic mass is 16.5. The molecule has 1 unspecified atom stereocenters. The number of nitrogens with one attached hydrogen (secondary N) is 1.